The Hall–Kier alpha value is -2.64. The molecule has 0 saturated heterocycles. The van der Waals surface area contributed by atoms with Gasteiger partial charge in [-0.3, -0.25) is 14.9 Å². The highest BCUT2D eigenvalue weighted by molar-refractivity contribution is 5.81. The lowest BCUT2D eigenvalue weighted by Crippen LogP contribution is -2.37. The molecular weight excluding hydrogens is 402 g/mol. The summed E-state index contributed by atoms with van der Waals surface area (Å²) in [6.45, 7) is 5.75. The second-order valence-electron chi connectivity index (χ2n) is 8.38. The topological polar surface area (TPSA) is 105 Å². The van der Waals surface area contributed by atoms with E-state index in [1.807, 2.05) is 0 Å². The third kappa shape index (κ3) is 7.52. The van der Waals surface area contributed by atoms with Crippen LogP contribution in [0.2, 0.25) is 0 Å². The predicted octanol–water partition coefficient (Wildman–Crippen LogP) is 5.96. The van der Waals surface area contributed by atoms with Crippen LogP contribution >= 0.6 is 0 Å². The molecule has 0 spiro atoms. The first kappa shape index (κ1) is 24.6. The lowest BCUT2D eigenvalue weighted by molar-refractivity contribution is -0.384. The first-order valence-electron chi connectivity index (χ1n) is 11.1. The average Bonchev–Trinajstić information content (AvgIpc) is 3.51. The third-order valence-corrected chi connectivity index (χ3v) is 5.46. The number of nitro benzene ring substituents is 1. The minimum Gasteiger partial charge on any atom is -0.462 e. The van der Waals surface area contributed by atoms with Crippen LogP contribution in [-0.2, 0) is 14.3 Å². The summed E-state index contributed by atoms with van der Waals surface area (Å²) in [5, 5.41) is 10.8. The number of unbranched alkanes of at least 4 members (excludes halogenated alkanes) is 5. The molecule has 1 atom stereocenters. The average molecular weight is 436 g/mol. The number of nitro groups is 1. The maximum Gasteiger partial charge on any atom is 0.514 e. The number of carbonyl (C=O) groups excluding carboxylic acids is 2. The van der Waals surface area contributed by atoms with Crippen molar-refractivity contribution in [3.05, 3.63) is 34.4 Å². The van der Waals surface area contributed by atoms with E-state index < -0.39 is 22.6 Å². The van der Waals surface area contributed by atoms with Gasteiger partial charge in [0, 0.05) is 12.1 Å². The fourth-order valence-corrected chi connectivity index (χ4v) is 3.55. The van der Waals surface area contributed by atoms with Gasteiger partial charge in [-0.25, -0.2) is 4.79 Å². The van der Waals surface area contributed by atoms with Crippen LogP contribution < -0.4 is 4.74 Å². The fourth-order valence-electron chi connectivity index (χ4n) is 3.55. The van der Waals surface area contributed by atoms with Crippen LogP contribution in [0, 0.1) is 15.5 Å². The second kappa shape index (κ2) is 11.7. The van der Waals surface area contributed by atoms with Crippen LogP contribution in [0.1, 0.15) is 78.6 Å². The number of non-ortho nitro benzene ring substituents is 1. The summed E-state index contributed by atoms with van der Waals surface area (Å²) in [4.78, 5) is 35.3. The zero-order chi connectivity index (χ0) is 22.9. The summed E-state index contributed by atoms with van der Waals surface area (Å²) in [6.07, 6.45) is 6.51. The number of hydrogen-bond acceptors (Lipinski definition) is 7. The van der Waals surface area contributed by atoms with Crippen molar-refractivity contribution in [1.82, 2.24) is 0 Å². The van der Waals surface area contributed by atoms with Crippen LogP contribution in [0.4, 0.5) is 10.5 Å². The number of nitrogens with zero attached hydrogens (tertiary/aromatic N) is 1. The molecule has 1 saturated carbocycles. The van der Waals surface area contributed by atoms with E-state index in [0.29, 0.717) is 19.3 Å². The smallest absolute Gasteiger partial charge is 0.462 e. The summed E-state index contributed by atoms with van der Waals surface area (Å²) in [6, 6.07) is 5.17. The predicted molar refractivity (Wildman–Crippen MR) is 115 cm³/mol. The number of ether oxygens (including phenoxy) is 3. The fraction of sp³-hybridized carbons (Fsp3) is 0.652. The Bertz CT molecular complexity index is 741. The van der Waals surface area contributed by atoms with E-state index in [-0.39, 0.29) is 23.5 Å². The Kier molecular flexibility index (Phi) is 9.27. The van der Waals surface area contributed by atoms with Crippen molar-refractivity contribution in [2.45, 2.75) is 90.8 Å². The normalized spacial score (nSPS) is 15.2. The Morgan fingerprint density at radius 3 is 2.19 bits per heavy atom. The molecule has 0 aromatic heterocycles. The molecule has 0 amide bonds. The van der Waals surface area contributed by atoms with Crippen LogP contribution in [0.3, 0.4) is 0 Å². The van der Waals surface area contributed by atoms with Crippen LogP contribution in [0.25, 0.3) is 0 Å². The van der Waals surface area contributed by atoms with E-state index in [2.05, 4.69) is 6.92 Å². The zero-order valence-corrected chi connectivity index (χ0v) is 18.6. The summed E-state index contributed by atoms with van der Waals surface area (Å²) in [5.41, 5.74) is -0.905. The Balaban J connectivity index is 1.99. The van der Waals surface area contributed by atoms with E-state index in [0.717, 1.165) is 19.3 Å². The summed E-state index contributed by atoms with van der Waals surface area (Å²) >= 11 is 0. The first-order valence-corrected chi connectivity index (χ1v) is 11.1. The quantitative estimate of drug-likeness (QED) is 0.124. The van der Waals surface area contributed by atoms with Gasteiger partial charge in [-0.1, -0.05) is 39.0 Å². The Morgan fingerprint density at radius 1 is 1.03 bits per heavy atom. The van der Waals surface area contributed by atoms with Crippen molar-refractivity contribution in [1.29, 1.82) is 0 Å². The molecule has 0 aliphatic heterocycles. The molecule has 8 nitrogen and oxygen atoms in total. The summed E-state index contributed by atoms with van der Waals surface area (Å²) < 4.78 is 16.2. The van der Waals surface area contributed by atoms with Gasteiger partial charge in [0.25, 0.3) is 5.69 Å². The second-order valence-corrected chi connectivity index (χ2v) is 8.38. The van der Waals surface area contributed by atoms with Crippen LogP contribution in [0.15, 0.2) is 24.3 Å². The molecule has 1 aromatic carbocycles. The molecule has 1 aliphatic carbocycles. The molecule has 0 N–H and O–H groups in total. The highest BCUT2D eigenvalue weighted by Gasteiger charge is 2.59. The molecule has 1 aromatic rings. The van der Waals surface area contributed by atoms with Crippen LogP contribution in [-0.4, -0.2) is 29.3 Å². The molecule has 0 bridgehead atoms. The van der Waals surface area contributed by atoms with E-state index >= 15 is 0 Å². The van der Waals surface area contributed by atoms with E-state index in [1.54, 1.807) is 13.8 Å². The zero-order valence-electron chi connectivity index (χ0n) is 18.6. The number of benzene rings is 1. The maximum absolute atomic E-state index is 12.7. The van der Waals surface area contributed by atoms with Gasteiger partial charge in [0.1, 0.15) is 17.3 Å². The third-order valence-electron chi connectivity index (χ3n) is 5.46. The van der Waals surface area contributed by atoms with Crippen molar-refractivity contribution in [3.63, 3.8) is 0 Å². The molecule has 0 heterocycles. The molecule has 172 valence electrons. The molecule has 1 fully saturated rings. The van der Waals surface area contributed by atoms with Gasteiger partial charge in [-0.2, -0.15) is 0 Å². The molecule has 2 rings (SSSR count). The molecule has 8 heteroatoms. The largest absolute Gasteiger partial charge is 0.514 e. The summed E-state index contributed by atoms with van der Waals surface area (Å²) in [5.74, 6) is -0.190. The van der Waals surface area contributed by atoms with Gasteiger partial charge >= 0.3 is 12.1 Å². The Morgan fingerprint density at radius 2 is 1.65 bits per heavy atom. The van der Waals surface area contributed by atoms with Crippen molar-refractivity contribution < 1.29 is 28.7 Å². The standard InChI is InChI=1S/C23H33NO7/c1-4-5-6-7-8-9-10-20(23(15-16-23)21(25)29-17(2)3)31-22(26)30-19-13-11-18(12-14-19)24(27)28/h11-14,17,20H,4-10,15-16H2,1-3H3. The molecular formula is C23H33NO7. The van der Waals surface area contributed by atoms with Gasteiger partial charge in [0.15, 0.2) is 0 Å². The van der Waals surface area contributed by atoms with Gasteiger partial charge in [-0.15, -0.1) is 0 Å². The molecule has 1 unspecified atom stereocenters. The number of carbonyl (C=O) groups is 2. The number of rotatable bonds is 13. The lowest BCUT2D eigenvalue weighted by atomic mass is 9.93. The minimum absolute atomic E-state index is 0.102. The first-order chi connectivity index (χ1) is 14.8. The van der Waals surface area contributed by atoms with Gasteiger partial charge < -0.3 is 14.2 Å². The SMILES string of the molecule is CCCCCCCCC(OC(=O)Oc1ccc([N+](=O)[O-])cc1)C1(C(=O)OC(C)C)CC1. The van der Waals surface area contributed by atoms with E-state index in [9.17, 15) is 19.7 Å². The van der Waals surface area contributed by atoms with E-state index in [4.69, 9.17) is 14.2 Å². The van der Waals surface area contributed by atoms with Crippen molar-refractivity contribution in [3.8, 4) is 5.75 Å². The number of hydrogen-bond donors (Lipinski definition) is 0. The number of esters is 1. The lowest BCUT2D eigenvalue weighted by Gasteiger charge is -2.26. The van der Waals surface area contributed by atoms with E-state index in [1.165, 1.54) is 43.5 Å². The van der Waals surface area contributed by atoms with Crippen molar-refractivity contribution >= 4 is 17.8 Å². The molecule has 31 heavy (non-hydrogen) atoms. The monoisotopic (exact) mass is 435 g/mol. The van der Waals surface area contributed by atoms with Gasteiger partial charge in [0.05, 0.1) is 11.0 Å². The van der Waals surface area contributed by atoms with Crippen molar-refractivity contribution in [2.75, 3.05) is 0 Å². The van der Waals surface area contributed by atoms with Gasteiger partial charge in [-0.05, 0) is 51.7 Å². The highest BCUT2D eigenvalue weighted by atomic mass is 16.7. The Labute approximate surface area is 183 Å². The maximum atomic E-state index is 12.7. The van der Waals surface area contributed by atoms with Gasteiger partial charge in [0.2, 0.25) is 0 Å². The molecule has 1 aliphatic rings. The molecule has 0 radical (unpaired) electrons. The minimum atomic E-state index is -0.923. The van der Waals surface area contributed by atoms with Crippen molar-refractivity contribution in [2.24, 2.45) is 5.41 Å². The van der Waals surface area contributed by atoms with Crippen LogP contribution in [0.5, 0.6) is 5.75 Å². The summed E-state index contributed by atoms with van der Waals surface area (Å²) in [7, 11) is 0. The highest BCUT2D eigenvalue weighted by Crippen LogP contribution is 2.52.